The summed E-state index contributed by atoms with van der Waals surface area (Å²) in [5.41, 5.74) is 2.84. The van der Waals surface area contributed by atoms with E-state index in [9.17, 15) is 10.2 Å². The van der Waals surface area contributed by atoms with E-state index in [0.717, 1.165) is 37.7 Å². The minimum Gasteiger partial charge on any atom is -0.389 e. The van der Waals surface area contributed by atoms with E-state index < -0.39 is 5.60 Å². The second kappa shape index (κ2) is 8.50. The first-order chi connectivity index (χ1) is 10.2. The maximum atomic E-state index is 10.1. The summed E-state index contributed by atoms with van der Waals surface area (Å²) in [7, 11) is 0. The van der Waals surface area contributed by atoms with Crippen LogP contribution in [-0.4, -0.2) is 21.9 Å². The van der Waals surface area contributed by atoms with Crippen molar-refractivity contribution in [3.8, 4) is 0 Å². The van der Waals surface area contributed by atoms with Crippen molar-refractivity contribution in [2.75, 3.05) is 0 Å². The van der Waals surface area contributed by atoms with Crippen LogP contribution in [-0.2, 0) is 0 Å². The Morgan fingerprint density at radius 1 is 1.32 bits per heavy atom. The SMILES string of the molecule is C=C1CCC(C(C)=CC=CC(C)(C)O)CC=C(C)CCC1O. The van der Waals surface area contributed by atoms with Gasteiger partial charge >= 0.3 is 0 Å². The fourth-order valence-corrected chi connectivity index (χ4v) is 2.64. The van der Waals surface area contributed by atoms with E-state index in [1.807, 2.05) is 6.08 Å². The Morgan fingerprint density at radius 3 is 2.64 bits per heavy atom. The molecule has 0 aromatic carbocycles. The molecule has 2 heteroatoms. The van der Waals surface area contributed by atoms with Crippen LogP contribution in [0, 0.1) is 5.92 Å². The molecule has 2 atom stereocenters. The topological polar surface area (TPSA) is 40.5 Å². The summed E-state index contributed by atoms with van der Waals surface area (Å²) in [6.07, 6.45) is 12.4. The maximum Gasteiger partial charge on any atom is 0.0774 e. The van der Waals surface area contributed by atoms with Crippen molar-refractivity contribution in [3.63, 3.8) is 0 Å². The molecule has 1 aliphatic rings. The number of allylic oxidation sites excluding steroid dienone is 5. The minimum atomic E-state index is -0.776. The van der Waals surface area contributed by atoms with Gasteiger partial charge in [0, 0.05) is 0 Å². The van der Waals surface area contributed by atoms with Crippen molar-refractivity contribution in [2.45, 2.75) is 71.5 Å². The normalized spacial score (nSPS) is 26.2. The Labute approximate surface area is 135 Å². The molecule has 1 rings (SSSR count). The van der Waals surface area contributed by atoms with Gasteiger partial charge < -0.3 is 10.2 Å². The Bertz CT molecular complexity index is 461. The minimum absolute atomic E-state index is 0.374. The molecule has 2 nitrogen and oxygen atoms in total. The molecule has 0 aromatic rings. The number of aliphatic hydroxyl groups excluding tert-OH is 1. The van der Waals surface area contributed by atoms with E-state index in [4.69, 9.17) is 0 Å². The summed E-state index contributed by atoms with van der Waals surface area (Å²) in [5.74, 6) is 0.462. The van der Waals surface area contributed by atoms with Crippen molar-refractivity contribution in [1.29, 1.82) is 0 Å². The molecule has 2 N–H and O–H groups in total. The molecule has 0 spiro atoms. The zero-order chi connectivity index (χ0) is 16.8. The van der Waals surface area contributed by atoms with Gasteiger partial charge in [-0.05, 0) is 71.3 Å². The molecular formula is C20H32O2. The zero-order valence-electron chi connectivity index (χ0n) is 14.6. The quantitative estimate of drug-likeness (QED) is 0.586. The van der Waals surface area contributed by atoms with Crippen LogP contribution in [0.2, 0.25) is 0 Å². The molecule has 0 amide bonds. The smallest absolute Gasteiger partial charge is 0.0774 e. The van der Waals surface area contributed by atoms with Gasteiger partial charge in [-0.3, -0.25) is 0 Å². The Hall–Kier alpha value is -1.12. The molecule has 0 radical (unpaired) electrons. The van der Waals surface area contributed by atoms with Crippen LogP contribution in [0.5, 0.6) is 0 Å². The van der Waals surface area contributed by atoms with Crippen LogP contribution >= 0.6 is 0 Å². The molecule has 0 fully saturated rings. The standard InChI is InChI=1S/C20H32O2/c1-15-8-11-18(12-10-17(3)19(21)13-9-15)16(2)7-6-14-20(4,5)22/h6-8,14,18-19,21-22H,3,9-13H2,1-2,4-5H3. The van der Waals surface area contributed by atoms with E-state index >= 15 is 0 Å². The number of aliphatic hydroxyl groups is 2. The van der Waals surface area contributed by atoms with Crippen LogP contribution in [0.15, 0.2) is 47.6 Å². The van der Waals surface area contributed by atoms with Crippen molar-refractivity contribution in [3.05, 3.63) is 47.6 Å². The van der Waals surface area contributed by atoms with Crippen LogP contribution in [0.25, 0.3) is 0 Å². The van der Waals surface area contributed by atoms with Gasteiger partial charge in [0.2, 0.25) is 0 Å². The van der Waals surface area contributed by atoms with Crippen LogP contribution in [0.3, 0.4) is 0 Å². The molecule has 0 aliphatic heterocycles. The van der Waals surface area contributed by atoms with E-state index in [1.165, 1.54) is 11.1 Å². The van der Waals surface area contributed by atoms with Crippen LogP contribution in [0.1, 0.15) is 59.8 Å². The fourth-order valence-electron chi connectivity index (χ4n) is 2.64. The van der Waals surface area contributed by atoms with Gasteiger partial charge in [0.05, 0.1) is 11.7 Å². The highest BCUT2D eigenvalue weighted by Crippen LogP contribution is 2.28. The molecule has 22 heavy (non-hydrogen) atoms. The third kappa shape index (κ3) is 7.24. The number of rotatable bonds is 3. The average Bonchev–Trinajstić information content (AvgIpc) is 2.42. The monoisotopic (exact) mass is 304 g/mol. The van der Waals surface area contributed by atoms with Crippen molar-refractivity contribution < 1.29 is 10.2 Å². The Kier molecular flexibility index (Phi) is 7.31. The predicted molar refractivity (Wildman–Crippen MR) is 94.7 cm³/mol. The summed E-state index contributed by atoms with van der Waals surface area (Å²) in [6.45, 7) is 11.9. The van der Waals surface area contributed by atoms with E-state index in [0.29, 0.717) is 5.92 Å². The first-order valence-electron chi connectivity index (χ1n) is 8.29. The van der Waals surface area contributed by atoms with Gasteiger partial charge in [0.25, 0.3) is 0 Å². The lowest BCUT2D eigenvalue weighted by molar-refractivity contribution is 0.133. The van der Waals surface area contributed by atoms with Gasteiger partial charge in [-0.15, -0.1) is 0 Å². The number of hydrogen-bond donors (Lipinski definition) is 2. The highest BCUT2D eigenvalue weighted by molar-refractivity contribution is 5.18. The molecule has 124 valence electrons. The molecule has 1 aliphatic carbocycles. The fraction of sp³-hybridized carbons (Fsp3) is 0.600. The molecule has 0 heterocycles. The third-order valence-electron chi connectivity index (χ3n) is 4.36. The molecule has 0 aromatic heterocycles. The highest BCUT2D eigenvalue weighted by Gasteiger charge is 2.16. The third-order valence-corrected chi connectivity index (χ3v) is 4.36. The predicted octanol–water partition coefficient (Wildman–Crippen LogP) is 4.70. The zero-order valence-corrected chi connectivity index (χ0v) is 14.6. The summed E-state index contributed by atoms with van der Waals surface area (Å²) in [4.78, 5) is 0. The van der Waals surface area contributed by atoms with E-state index in [-0.39, 0.29) is 6.10 Å². The van der Waals surface area contributed by atoms with E-state index in [1.54, 1.807) is 19.9 Å². The summed E-state index contributed by atoms with van der Waals surface area (Å²) >= 11 is 0. The second-order valence-electron chi connectivity index (χ2n) is 7.16. The largest absolute Gasteiger partial charge is 0.389 e. The summed E-state index contributed by atoms with van der Waals surface area (Å²) in [5, 5.41) is 19.8. The van der Waals surface area contributed by atoms with Crippen molar-refractivity contribution in [1.82, 2.24) is 0 Å². The van der Waals surface area contributed by atoms with E-state index in [2.05, 4.69) is 32.6 Å². The maximum absolute atomic E-state index is 10.1. The van der Waals surface area contributed by atoms with Gasteiger partial charge in [0.1, 0.15) is 0 Å². The summed E-state index contributed by atoms with van der Waals surface area (Å²) < 4.78 is 0. The van der Waals surface area contributed by atoms with Gasteiger partial charge in [-0.2, -0.15) is 0 Å². The second-order valence-corrected chi connectivity index (χ2v) is 7.16. The molecule has 0 bridgehead atoms. The lowest BCUT2D eigenvalue weighted by Crippen LogP contribution is -2.14. The van der Waals surface area contributed by atoms with Crippen molar-refractivity contribution >= 4 is 0 Å². The highest BCUT2D eigenvalue weighted by atomic mass is 16.3. The Balaban J connectivity index is 2.83. The lowest BCUT2D eigenvalue weighted by Gasteiger charge is -2.21. The molecule has 2 unspecified atom stereocenters. The Morgan fingerprint density at radius 2 is 2.00 bits per heavy atom. The lowest BCUT2D eigenvalue weighted by atomic mass is 9.86. The average molecular weight is 304 g/mol. The molecule has 0 saturated carbocycles. The van der Waals surface area contributed by atoms with Crippen LogP contribution in [0.4, 0.5) is 0 Å². The van der Waals surface area contributed by atoms with Crippen LogP contribution < -0.4 is 0 Å². The van der Waals surface area contributed by atoms with Crippen molar-refractivity contribution in [2.24, 2.45) is 5.92 Å². The molecular weight excluding hydrogens is 272 g/mol. The first-order valence-corrected chi connectivity index (χ1v) is 8.29. The van der Waals surface area contributed by atoms with Gasteiger partial charge in [-0.25, -0.2) is 0 Å². The van der Waals surface area contributed by atoms with Gasteiger partial charge in [-0.1, -0.05) is 42.0 Å². The first kappa shape index (κ1) is 18.9. The summed E-state index contributed by atoms with van der Waals surface area (Å²) in [6, 6.07) is 0. The number of hydrogen-bond acceptors (Lipinski definition) is 2. The molecule has 0 saturated heterocycles. The van der Waals surface area contributed by atoms with Gasteiger partial charge in [0.15, 0.2) is 0 Å².